The summed E-state index contributed by atoms with van der Waals surface area (Å²) in [6.45, 7) is 0.371. The largest absolute Gasteiger partial charge is 0.448 e. The van der Waals surface area contributed by atoms with Gasteiger partial charge in [0.05, 0.1) is 6.04 Å². The summed E-state index contributed by atoms with van der Waals surface area (Å²) in [6.07, 6.45) is 6.17. The molecule has 38 heavy (non-hydrogen) atoms. The molecule has 3 heteroatoms. The minimum absolute atomic E-state index is 0.0805. The van der Waals surface area contributed by atoms with Crippen LogP contribution in [-0.2, 0) is 4.74 Å². The van der Waals surface area contributed by atoms with Gasteiger partial charge in [0.15, 0.2) is 0 Å². The number of fused-ring (bicyclic) bond motifs is 5. The van der Waals surface area contributed by atoms with Gasteiger partial charge in [-0.1, -0.05) is 109 Å². The Morgan fingerprint density at radius 2 is 1.32 bits per heavy atom. The molecule has 0 radical (unpaired) electrons. The van der Waals surface area contributed by atoms with Gasteiger partial charge in [0, 0.05) is 12.0 Å². The van der Waals surface area contributed by atoms with Crippen molar-refractivity contribution >= 4 is 11.7 Å². The number of carbonyl (C=O) groups excluding carboxylic acids is 1. The number of benzene rings is 4. The Labute approximate surface area is 224 Å². The zero-order valence-electron chi connectivity index (χ0n) is 21.4. The van der Waals surface area contributed by atoms with Gasteiger partial charge in [-0.3, -0.25) is 4.90 Å². The van der Waals surface area contributed by atoms with Gasteiger partial charge in [0.2, 0.25) is 0 Å². The van der Waals surface area contributed by atoms with E-state index in [1.165, 1.54) is 44.5 Å². The zero-order valence-corrected chi connectivity index (χ0v) is 21.4. The summed E-state index contributed by atoms with van der Waals surface area (Å²) in [4.78, 5) is 15.6. The van der Waals surface area contributed by atoms with Crippen LogP contribution in [0.3, 0.4) is 0 Å². The Balaban J connectivity index is 1.14. The van der Waals surface area contributed by atoms with Crippen molar-refractivity contribution in [2.45, 2.75) is 43.7 Å². The average molecular weight is 498 g/mol. The van der Waals surface area contributed by atoms with Gasteiger partial charge in [-0.2, -0.15) is 0 Å². The van der Waals surface area contributed by atoms with Gasteiger partial charge in [0.1, 0.15) is 6.61 Å². The molecule has 0 saturated carbocycles. The number of hydrogen-bond acceptors (Lipinski definition) is 2. The SMILES string of the molecule is O=C(OCC1c2ccccc2-c2ccccc21)N1C2C=C(c3ccccc3-c3ccccc3)CC1CCC2. The van der Waals surface area contributed by atoms with E-state index >= 15 is 0 Å². The van der Waals surface area contributed by atoms with Gasteiger partial charge >= 0.3 is 6.09 Å². The molecule has 1 amide bonds. The molecule has 2 aliphatic heterocycles. The molecular weight excluding hydrogens is 466 g/mol. The topological polar surface area (TPSA) is 29.5 Å². The number of nitrogens with zero attached hydrogens (tertiary/aromatic N) is 1. The van der Waals surface area contributed by atoms with Crippen molar-refractivity contribution in [2.75, 3.05) is 6.61 Å². The van der Waals surface area contributed by atoms with Crippen molar-refractivity contribution in [3.63, 3.8) is 0 Å². The van der Waals surface area contributed by atoms with Crippen LogP contribution in [0.2, 0.25) is 0 Å². The molecule has 1 aliphatic carbocycles. The standard InChI is InChI=1S/C35H31NO2/c37-35(38-23-34-32-19-8-6-17-30(32)31-18-7-9-20-33(31)34)36-26-13-10-14-27(36)22-25(21-26)29-16-5-4-15-28(29)24-11-2-1-3-12-24/h1-9,11-12,15-21,26-27,34H,10,13-14,22-23H2. The first kappa shape index (κ1) is 23.0. The molecule has 2 bridgehead atoms. The normalized spacial score (nSPS) is 19.9. The molecule has 4 aromatic rings. The van der Waals surface area contributed by atoms with E-state index in [0.717, 1.165) is 25.7 Å². The van der Waals surface area contributed by atoms with Crippen LogP contribution in [-0.4, -0.2) is 29.7 Å². The van der Waals surface area contributed by atoms with Gasteiger partial charge in [-0.25, -0.2) is 4.79 Å². The van der Waals surface area contributed by atoms with Gasteiger partial charge < -0.3 is 4.74 Å². The summed E-state index contributed by atoms with van der Waals surface area (Å²) >= 11 is 0. The highest BCUT2D eigenvalue weighted by molar-refractivity contribution is 5.84. The first-order valence-corrected chi connectivity index (χ1v) is 13.8. The number of carbonyl (C=O) groups is 1. The molecule has 0 aromatic heterocycles. The van der Waals surface area contributed by atoms with E-state index in [-0.39, 0.29) is 24.1 Å². The van der Waals surface area contributed by atoms with Crippen molar-refractivity contribution in [2.24, 2.45) is 0 Å². The fourth-order valence-corrected chi connectivity index (χ4v) is 6.82. The van der Waals surface area contributed by atoms with Gasteiger partial charge in [-0.05, 0) is 70.2 Å². The summed E-state index contributed by atoms with van der Waals surface area (Å²) in [5.74, 6) is 0.0832. The molecule has 3 nitrogen and oxygen atoms in total. The lowest BCUT2D eigenvalue weighted by Gasteiger charge is -2.44. The van der Waals surface area contributed by atoms with E-state index in [0.29, 0.717) is 6.61 Å². The fourth-order valence-electron chi connectivity index (χ4n) is 6.82. The molecule has 0 N–H and O–H groups in total. The predicted molar refractivity (Wildman–Crippen MR) is 153 cm³/mol. The highest BCUT2D eigenvalue weighted by Crippen LogP contribution is 2.45. The van der Waals surface area contributed by atoms with Crippen molar-refractivity contribution in [3.05, 3.63) is 126 Å². The molecule has 7 rings (SSSR count). The van der Waals surface area contributed by atoms with Crippen LogP contribution in [0.25, 0.3) is 27.8 Å². The van der Waals surface area contributed by atoms with Crippen LogP contribution in [0.1, 0.15) is 48.3 Å². The number of hydrogen-bond donors (Lipinski definition) is 0. The highest BCUT2D eigenvalue weighted by atomic mass is 16.6. The van der Waals surface area contributed by atoms with E-state index in [9.17, 15) is 4.79 Å². The van der Waals surface area contributed by atoms with Crippen molar-refractivity contribution in [1.29, 1.82) is 0 Å². The molecule has 2 heterocycles. The first-order valence-electron chi connectivity index (χ1n) is 13.8. The number of rotatable bonds is 4. The van der Waals surface area contributed by atoms with Crippen molar-refractivity contribution < 1.29 is 9.53 Å². The molecule has 2 unspecified atom stereocenters. The van der Waals surface area contributed by atoms with E-state index in [2.05, 4.69) is 109 Å². The van der Waals surface area contributed by atoms with Gasteiger partial charge in [0.25, 0.3) is 0 Å². The number of piperidine rings is 1. The Hall–Kier alpha value is -4.11. The second kappa shape index (κ2) is 9.64. The van der Waals surface area contributed by atoms with Crippen LogP contribution in [0.4, 0.5) is 4.79 Å². The van der Waals surface area contributed by atoms with Crippen LogP contribution in [0.5, 0.6) is 0 Å². The lowest BCUT2D eigenvalue weighted by atomic mass is 9.81. The predicted octanol–water partition coefficient (Wildman–Crippen LogP) is 8.31. The monoisotopic (exact) mass is 497 g/mol. The van der Waals surface area contributed by atoms with E-state index in [4.69, 9.17) is 4.74 Å². The van der Waals surface area contributed by atoms with E-state index in [1.54, 1.807) is 0 Å². The van der Waals surface area contributed by atoms with Crippen LogP contribution in [0.15, 0.2) is 109 Å². The molecule has 3 aliphatic rings. The third-order valence-corrected chi connectivity index (χ3v) is 8.54. The molecule has 0 spiro atoms. The first-order chi connectivity index (χ1) is 18.8. The zero-order chi connectivity index (χ0) is 25.5. The second-order valence-electron chi connectivity index (χ2n) is 10.7. The van der Waals surface area contributed by atoms with E-state index < -0.39 is 0 Å². The molecule has 1 saturated heterocycles. The van der Waals surface area contributed by atoms with Crippen LogP contribution in [0, 0.1) is 0 Å². The maximum Gasteiger partial charge on any atom is 0.410 e. The third kappa shape index (κ3) is 3.94. The maximum absolute atomic E-state index is 13.6. The Kier molecular flexibility index (Phi) is 5.85. The Morgan fingerprint density at radius 3 is 2.00 bits per heavy atom. The third-order valence-electron chi connectivity index (χ3n) is 8.54. The molecular formula is C35H31NO2. The lowest BCUT2D eigenvalue weighted by Crippen LogP contribution is -2.51. The molecule has 188 valence electrons. The minimum atomic E-state index is -0.173. The molecule has 4 aromatic carbocycles. The van der Waals surface area contributed by atoms with Crippen molar-refractivity contribution in [3.8, 4) is 22.3 Å². The second-order valence-corrected chi connectivity index (χ2v) is 10.7. The maximum atomic E-state index is 13.6. The van der Waals surface area contributed by atoms with Gasteiger partial charge in [-0.15, -0.1) is 0 Å². The fraction of sp³-hybridized carbons (Fsp3) is 0.229. The number of amides is 1. The molecule has 1 fully saturated rings. The van der Waals surface area contributed by atoms with Crippen LogP contribution >= 0.6 is 0 Å². The summed E-state index contributed by atoms with van der Waals surface area (Å²) < 4.78 is 6.11. The average Bonchev–Trinajstić information content (AvgIpc) is 3.29. The summed E-state index contributed by atoms with van der Waals surface area (Å²) in [5.41, 5.74) is 10.1. The summed E-state index contributed by atoms with van der Waals surface area (Å²) in [6, 6.07) is 36.5. The Bertz CT molecular complexity index is 1480. The number of ether oxygens (including phenoxy) is 1. The quantitative estimate of drug-likeness (QED) is 0.284. The summed E-state index contributed by atoms with van der Waals surface area (Å²) in [7, 11) is 0. The van der Waals surface area contributed by atoms with Crippen LogP contribution < -0.4 is 0 Å². The highest BCUT2D eigenvalue weighted by Gasteiger charge is 2.39. The smallest absolute Gasteiger partial charge is 0.410 e. The molecule has 2 atom stereocenters. The lowest BCUT2D eigenvalue weighted by molar-refractivity contribution is 0.0539. The summed E-state index contributed by atoms with van der Waals surface area (Å²) in [5, 5.41) is 0. The van der Waals surface area contributed by atoms with E-state index in [1.807, 2.05) is 4.90 Å². The Morgan fingerprint density at radius 1 is 0.711 bits per heavy atom. The minimum Gasteiger partial charge on any atom is -0.448 e. The van der Waals surface area contributed by atoms with Crippen molar-refractivity contribution in [1.82, 2.24) is 4.90 Å².